The second-order valence-corrected chi connectivity index (χ2v) is 7.78. The van der Waals surface area contributed by atoms with Gasteiger partial charge in [-0.25, -0.2) is 4.98 Å². The molecule has 0 aliphatic rings. The van der Waals surface area contributed by atoms with E-state index in [2.05, 4.69) is 47.6 Å². The van der Waals surface area contributed by atoms with E-state index in [9.17, 15) is 0 Å². The number of benzene rings is 1. The van der Waals surface area contributed by atoms with Crippen LogP contribution in [0.4, 0.5) is 0 Å². The summed E-state index contributed by atoms with van der Waals surface area (Å²) in [6.45, 7) is 6.54. The van der Waals surface area contributed by atoms with E-state index >= 15 is 0 Å². The third-order valence-corrected chi connectivity index (χ3v) is 5.50. The van der Waals surface area contributed by atoms with E-state index in [0.717, 1.165) is 37.5 Å². The van der Waals surface area contributed by atoms with Crippen LogP contribution in [0.1, 0.15) is 10.7 Å². The Bertz CT molecular complexity index is 808. The maximum atomic E-state index is 4.49. The van der Waals surface area contributed by atoms with Gasteiger partial charge in [-0.15, -0.1) is 28.1 Å². The fraction of sp³-hybridized carbons (Fsp3) is 0.188. The van der Waals surface area contributed by atoms with E-state index in [1.807, 2.05) is 37.3 Å². The quantitative estimate of drug-likeness (QED) is 0.428. The van der Waals surface area contributed by atoms with Crippen LogP contribution >= 0.6 is 39.0 Å². The van der Waals surface area contributed by atoms with Gasteiger partial charge >= 0.3 is 0 Å². The second kappa shape index (κ2) is 7.42. The van der Waals surface area contributed by atoms with Crippen molar-refractivity contribution in [2.45, 2.75) is 24.4 Å². The van der Waals surface area contributed by atoms with Gasteiger partial charge in [0, 0.05) is 27.7 Å². The summed E-state index contributed by atoms with van der Waals surface area (Å²) < 4.78 is 3.13. The zero-order valence-electron chi connectivity index (χ0n) is 12.6. The summed E-state index contributed by atoms with van der Waals surface area (Å²) in [5.41, 5.74) is 2.12. The molecule has 0 fully saturated rings. The average Bonchev–Trinajstić information content (AvgIpc) is 3.13. The average molecular weight is 407 g/mol. The molecule has 0 aliphatic carbocycles. The first-order chi connectivity index (χ1) is 11.2. The minimum absolute atomic E-state index is 0.677. The number of allylic oxidation sites excluding steroid dienone is 1. The highest BCUT2D eigenvalue weighted by molar-refractivity contribution is 9.10. The number of nitrogens with zero attached hydrogens (tertiary/aromatic N) is 4. The van der Waals surface area contributed by atoms with Crippen LogP contribution in [-0.4, -0.2) is 19.7 Å². The lowest BCUT2D eigenvalue weighted by Gasteiger charge is -2.07. The first-order valence-electron chi connectivity index (χ1n) is 7.01. The van der Waals surface area contributed by atoms with Gasteiger partial charge in [0.2, 0.25) is 0 Å². The van der Waals surface area contributed by atoms with E-state index in [1.165, 1.54) is 0 Å². The molecule has 1 aromatic carbocycles. The van der Waals surface area contributed by atoms with Crippen LogP contribution in [0.2, 0.25) is 0 Å². The van der Waals surface area contributed by atoms with Crippen molar-refractivity contribution in [2.24, 2.45) is 0 Å². The van der Waals surface area contributed by atoms with Crippen molar-refractivity contribution >= 4 is 39.0 Å². The summed E-state index contributed by atoms with van der Waals surface area (Å²) >= 11 is 6.77. The summed E-state index contributed by atoms with van der Waals surface area (Å²) in [7, 11) is 0. The molecule has 23 heavy (non-hydrogen) atoms. The standard InChI is InChI=1S/C16H15BrN4S2/c1-3-8-21-15(12-4-6-13(17)7-5-12)19-20-16(21)23-10-14-9-22-11(2)18-14/h3-7,9H,1,8,10H2,2H3. The van der Waals surface area contributed by atoms with Crippen molar-refractivity contribution in [1.29, 1.82) is 0 Å². The molecular weight excluding hydrogens is 392 g/mol. The summed E-state index contributed by atoms with van der Waals surface area (Å²) in [5, 5.41) is 12.8. The van der Waals surface area contributed by atoms with Gasteiger partial charge in [-0.05, 0) is 19.1 Å². The van der Waals surface area contributed by atoms with Crippen molar-refractivity contribution < 1.29 is 0 Å². The normalized spacial score (nSPS) is 10.9. The number of halogens is 1. The van der Waals surface area contributed by atoms with Crippen molar-refractivity contribution in [3.8, 4) is 11.4 Å². The van der Waals surface area contributed by atoms with E-state index in [-0.39, 0.29) is 0 Å². The topological polar surface area (TPSA) is 43.6 Å². The summed E-state index contributed by atoms with van der Waals surface area (Å²) in [4.78, 5) is 4.49. The fourth-order valence-corrected chi connectivity index (χ4v) is 3.94. The van der Waals surface area contributed by atoms with Gasteiger partial charge in [0.25, 0.3) is 0 Å². The molecule has 0 N–H and O–H groups in total. The molecule has 2 aromatic heterocycles. The predicted octanol–water partition coefficient (Wildman–Crippen LogP) is 4.95. The smallest absolute Gasteiger partial charge is 0.192 e. The molecule has 7 heteroatoms. The van der Waals surface area contributed by atoms with Crippen molar-refractivity contribution in [3.63, 3.8) is 0 Å². The Morgan fingerprint density at radius 3 is 2.74 bits per heavy atom. The predicted molar refractivity (Wildman–Crippen MR) is 99.8 cm³/mol. The first-order valence-corrected chi connectivity index (χ1v) is 9.67. The fourth-order valence-electron chi connectivity index (χ4n) is 2.11. The van der Waals surface area contributed by atoms with Crippen molar-refractivity contribution in [2.75, 3.05) is 0 Å². The van der Waals surface area contributed by atoms with Gasteiger partial charge in [-0.1, -0.05) is 45.9 Å². The molecule has 0 radical (unpaired) electrons. The van der Waals surface area contributed by atoms with Crippen LogP contribution in [0, 0.1) is 6.92 Å². The lowest BCUT2D eigenvalue weighted by atomic mass is 10.2. The van der Waals surface area contributed by atoms with Crippen LogP contribution in [0.25, 0.3) is 11.4 Å². The van der Waals surface area contributed by atoms with Gasteiger partial charge in [0.1, 0.15) is 0 Å². The molecule has 2 heterocycles. The van der Waals surface area contributed by atoms with Gasteiger partial charge in [-0.2, -0.15) is 0 Å². The van der Waals surface area contributed by atoms with Gasteiger partial charge in [0.15, 0.2) is 11.0 Å². The van der Waals surface area contributed by atoms with E-state index < -0.39 is 0 Å². The molecule has 0 bridgehead atoms. The maximum absolute atomic E-state index is 4.49. The van der Waals surface area contributed by atoms with Crippen LogP contribution < -0.4 is 0 Å². The Kier molecular flexibility index (Phi) is 5.30. The first kappa shape index (κ1) is 16.4. The Labute approximate surface area is 151 Å². The number of aryl methyl sites for hydroxylation is 1. The van der Waals surface area contributed by atoms with E-state index in [1.54, 1.807) is 23.1 Å². The highest BCUT2D eigenvalue weighted by Gasteiger charge is 2.14. The molecule has 0 amide bonds. The van der Waals surface area contributed by atoms with Crippen LogP contribution in [0.5, 0.6) is 0 Å². The molecular formula is C16H15BrN4S2. The monoisotopic (exact) mass is 406 g/mol. The molecule has 0 saturated heterocycles. The second-order valence-electron chi connectivity index (χ2n) is 4.86. The van der Waals surface area contributed by atoms with Crippen molar-refractivity contribution in [1.82, 2.24) is 19.7 Å². The number of hydrogen-bond acceptors (Lipinski definition) is 5. The van der Waals surface area contributed by atoms with E-state index in [0.29, 0.717) is 6.54 Å². The highest BCUT2D eigenvalue weighted by atomic mass is 79.9. The van der Waals surface area contributed by atoms with Gasteiger partial charge in [0.05, 0.1) is 10.7 Å². The lowest BCUT2D eigenvalue weighted by Crippen LogP contribution is -2.00. The van der Waals surface area contributed by atoms with Crippen molar-refractivity contribution in [3.05, 3.63) is 57.5 Å². The Morgan fingerprint density at radius 1 is 1.30 bits per heavy atom. The number of aromatic nitrogens is 4. The summed E-state index contributed by atoms with van der Waals surface area (Å²) in [6.07, 6.45) is 1.86. The Morgan fingerprint density at radius 2 is 2.09 bits per heavy atom. The largest absolute Gasteiger partial charge is 0.298 e. The zero-order valence-corrected chi connectivity index (χ0v) is 15.8. The SMILES string of the molecule is C=CCn1c(SCc2csc(C)n2)nnc1-c1ccc(Br)cc1. The van der Waals surface area contributed by atoms with Crippen LogP contribution in [-0.2, 0) is 12.3 Å². The molecule has 0 unspecified atom stereocenters. The summed E-state index contributed by atoms with van der Waals surface area (Å²) in [6, 6.07) is 8.08. The molecule has 0 aliphatic heterocycles. The molecule has 0 spiro atoms. The minimum Gasteiger partial charge on any atom is -0.298 e. The number of thiazole rings is 1. The highest BCUT2D eigenvalue weighted by Crippen LogP contribution is 2.27. The molecule has 4 nitrogen and oxygen atoms in total. The Hall–Kier alpha value is -1.44. The Balaban J connectivity index is 1.85. The van der Waals surface area contributed by atoms with E-state index in [4.69, 9.17) is 0 Å². The molecule has 0 atom stereocenters. The summed E-state index contributed by atoms with van der Waals surface area (Å²) in [5.74, 6) is 1.65. The van der Waals surface area contributed by atoms with Gasteiger partial charge in [-0.3, -0.25) is 4.57 Å². The lowest BCUT2D eigenvalue weighted by molar-refractivity contribution is 0.731. The zero-order chi connectivity index (χ0) is 16.2. The van der Waals surface area contributed by atoms with Crippen LogP contribution in [0.3, 0.4) is 0 Å². The molecule has 118 valence electrons. The number of hydrogen-bond donors (Lipinski definition) is 0. The third-order valence-electron chi connectivity index (χ3n) is 3.15. The minimum atomic E-state index is 0.677. The third kappa shape index (κ3) is 3.91. The maximum Gasteiger partial charge on any atom is 0.192 e. The molecule has 3 aromatic rings. The number of rotatable bonds is 6. The molecule has 3 rings (SSSR count). The number of thioether (sulfide) groups is 1. The van der Waals surface area contributed by atoms with Crippen LogP contribution in [0.15, 0.2) is 51.9 Å². The molecule has 0 saturated carbocycles. The van der Waals surface area contributed by atoms with Gasteiger partial charge < -0.3 is 0 Å².